The summed E-state index contributed by atoms with van der Waals surface area (Å²) >= 11 is 3.39. The normalized spacial score (nSPS) is 10.3. The molecule has 2 rings (SSSR count). The zero-order valence-electron chi connectivity index (χ0n) is 13.5. The minimum absolute atomic E-state index is 0.244. The smallest absolute Gasteiger partial charge is 0.273 e. The average Bonchev–Trinajstić information content (AvgIpc) is 2.89. The third kappa shape index (κ3) is 5.13. The average molecular weight is 395 g/mol. The van der Waals surface area contributed by atoms with Gasteiger partial charge in [-0.2, -0.15) is 0 Å². The number of rotatable bonds is 6. The van der Waals surface area contributed by atoms with Gasteiger partial charge in [-0.05, 0) is 54.4 Å². The molecule has 1 aromatic carbocycles. The second kappa shape index (κ2) is 8.54. The summed E-state index contributed by atoms with van der Waals surface area (Å²) in [5, 5.41) is 0. The van der Waals surface area contributed by atoms with Gasteiger partial charge in [0.15, 0.2) is 0 Å². The summed E-state index contributed by atoms with van der Waals surface area (Å²) in [6.45, 7) is 3.86. The van der Waals surface area contributed by atoms with Crippen LogP contribution in [-0.2, 0) is 4.79 Å². The minimum atomic E-state index is -0.401. The first-order valence-electron chi connectivity index (χ1n) is 7.51. The molecule has 0 saturated heterocycles. The summed E-state index contributed by atoms with van der Waals surface area (Å²) in [5.74, 6) is 1.21. The van der Waals surface area contributed by atoms with E-state index in [4.69, 9.17) is 9.15 Å². The fourth-order valence-corrected chi connectivity index (χ4v) is 2.49. The van der Waals surface area contributed by atoms with Gasteiger partial charge >= 0.3 is 0 Å². The highest BCUT2D eigenvalue weighted by molar-refractivity contribution is 9.10. The largest absolute Gasteiger partial charge is 0.492 e. The highest BCUT2D eigenvalue weighted by Crippen LogP contribution is 2.23. The first-order valence-corrected chi connectivity index (χ1v) is 8.30. The van der Waals surface area contributed by atoms with Gasteiger partial charge in [0.25, 0.3) is 5.91 Å². The molecule has 128 valence electrons. The number of nitrogens with one attached hydrogen (secondary N) is 2. The van der Waals surface area contributed by atoms with Gasteiger partial charge in [-0.15, -0.1) is 0 Å². The van der Waals surface area contributed by atoms with E-state index in [1.807, 2.05) is 24.3 Å². The number of hydrogen-bond donors (Lipinski definition) is 2. The van der Waals surface area contributed by atoms with Crippen molar-refractivity contribution in [1.29, 1.82) is 0 Å². The van der Waals surface area contributed by atoms with Crippen molar-refractivity contribution in [2.45, 2.75) is 26.7 Å². The third-order valence-corrected chi connectivity index (χ3v) is 3.90. The Hall–Kier alpha value is -2.28. The van der Waals surface area contributed by atoms with E-state index in [2.05, 4.69) is 26.8 Å². The van der Waals surface area contributed by atoms with Gasteiger partial charge in [0.2, 0.25) is 5.91 Å². The monoisotopic (exact) mass is 394 g/mol. The Morgan fingerprint density at radius 2 is 1.96 bits per heavy atom. The van der Waals surface area contributed by atoms with Crippen LogP contribution in [0.2, 0.25) is 0 Å². The van der Waals surface area contributed by atoms with Crippen molar-refractivity contribution in [3.63, 3.8) is 0 Å². The van der Waals surface area contributed by atoms with Crippen molar-refractivity contribution < 1.29 is 18.7 Å². The fraction of sp³-hybridized carbons (Fsp3) is 0.294. The van der Waals surface area contributed by atoms with E-state index in [1.165, 1.54) is 0 Å². The Balaban J connectivity index is 1.67. The van der Waals surface area contributed by atoms with Crippen molar-refractivity contribution in [3.8, 4) is 5.75 Å². The predicted octanol–water partition coefficient (Wildman–Crippen LogP) is 3.28. The van der Waals surface area contributed by atoms with Crippen LogP contribution in [0.4, 0.5) is 0 Å². The molecule has 0 spiro atoms. The number of para-hydroxylation sites is 1. The van der Waals surface area contributed by atoms with Crippen LogP contribution in [0, 0.1) is 13.8 Å². The van der Waals surface area contributed by atoms with E-state index in [9.17, 15) is 9.59 Å². The molecule has 0 aliphatic heterocycles. The first kappa shape index (κ1) is 18.1. The molecule has 0 radical (unpaired) electrons. The molecule has 1 heterocycles. The van der Waals surface area contributed by atoms with E-state index < -0.39 is 5.91 Å². The standard InChI is InChI=1S/C17H19BrN2O4/c1-11-10-13(12(2)24-11)17(22)20-19-16(21)8-5-9-23-15-7-4-3-6-14(15)18/h3-4,6-7,10H,5,8-9H2,1-2H3,(H,19,21)(H,20,22). The number of halogens is 1. The SMILES string of the molecule is Cc1cc(C(=O)NNC(=O)CCCOc2ccccc2Br)c(C)o1. The minimum Gasteiger partial charge on any atom is -0.492 e. The molecular weight excluding hydrogens is 376 g/mol. The molecule has 0 aliphatic carbocycles. The van der Waals surface area contributed by atoms with E-state index in [-0.39, 0.29) is 12.3 Å². The topological polar surface area (TPSA) is 80.6 Å². The second-order valence-electron chi connectivity index (χ2n) is 5.21. The molecule has 7 heteroatoms. The molecule has 6 nitrogen and oxygen atoms in total. The predicted molar refractivity (Wildman–Crippen MR) is 92.7 cm³/mol. The molecule has 0 atom stereocenters. The number of benzene rings is 1. The number of hydrazine groups is 1. The highest BCUT2D eigenvalue weighted by Gasteiger charge is 2.14. The van der Waals surface area contributed by atoms with Crippen molar-refractivity contribution in [1.82, 2.24) is 10.9 Å². The van der Waals surface area contributed by atoms with Crippen molar-refractivity contribution in [2.24, 2.45) is 0 Å². The number of carbonyl (C=O) groups is 2. The van der Waals surface area contributed by atoms with E-state index in [0.717, 1.165) is 10.2 Å². The molecule has 0 unspecified atom stereocenters. The number of amides is 2. The van der Waals surface area contributed by atoms with E-state index in [0.29, 0.717) is 30.1 Å². The fourth-order valence-electron chi connectivity index (χ4n) is 2.09. The Bertz CT molecular complexity index is 727. The second-order valence-corrected chi connectivity index (χ2v) is 6.07. The maximum Gasteiger partial charge on any atom is 0.273 e. The van der Waals surface area contributed by atoms with Gasteiger partial charge < -0.3 is 9.15 Å². The Kier molecular flexibility index (Phi) is 6.43. The van der Waals surface area contributed by atoms with Crippen molar-refractivity contribution in [2.75, 3.05) is 6.61 Å². The van der Waals surface area contributed by atoms with Gasteiger partial charge in [-0.25, -0.2) is 0 Å². The van der Waals surface area contributed by atoms with E-state index in [1.54, 1.807) is 19.9 Å². The van der Waals surface area contributed by atoms with Crippen LogP contribution in [-0.4, -0.2) is 18.4 Å². The van der Waals surface area contributed by atoms with Crippen molar-refractivity contribution in [3.05, 3.63) is 51.9 Å². The van der Waals surface area contributed by atoms with Crippen molar-refractivity contribution >= 4 is 27.7 Å². The molecule has 0 bridgehead atoms. The summed E-state index contributed by atoms with van der Waals surface area (Å²) in [5.41, 5.74) is 5.16. The lowest BCUT2D eigenvalue weighted by atomic mass is 10.2. The van der Waals surface area contributed by atoms with Crippen LogP contribution in [0.1, 0.15) is 34.7 Å². The quantitative estimate of drug-likeness (QED) is 0.581. The summed E-state index contributed by atoms with van der Waals surface area (Å²) in [6.07, 6.45) is 0.779. The first-order chi connectivity index (χ1) is 11.5. The Morgan fingerprint density at radius 3 is 2.62 bits per heavy atom. The summed E-state index contributed by atoms with van der Waals surface area (Å²) in [4.78, 5) is 23.7. The zero-order valence-corrected chi connectivity index (χ0v) is 15.1. The van der Waals surface area contributed by atoms with Crippen LogP contribution in [0.15, 0.2) is 39.2 Å². The lowest BCUT2D eigenvalue weighted by Gasteiger charge is -2.09. The van der Waals surface area contributed by atoms with Gasteiger partial charge in [0.05, 0.1) is 16.6 Å². The Labute approximate surface area is 148 Å². The number of ether oxygens (including phenoxy) is 1. The van der Waals surface area contributed by atoms with Crippen LogP contribution in [0.5, 0.6) is 5.75 Å². The van der Waals surface area contributed by atoms with Crippen LogP contribution >= 0.6 is 15.9 Å². The van der Waals surface area contributed by atoms with Gasteiger partial charge in [0, 0.05) is 6.42 Å². The molecular formula is C17H19BrN2O4. The maximum atomic E-state index is 11.9. The lowest BCUT2D eigenvalue weighted by molar-refractivity contribution is -0.122. The van der Waals surface area contributed by atoms with Crippen LogP contribution in [0.25, 0.3) is 0 Å². The number of furan rings is 1. The molecule has 24 heavy (non-hydrogen) atoms. The molecule has 0 fully saturated rings. The molecule has 2 aromatic rings. The number of hydrogen-bond acceptors (Lipinski definition) is 4. The zero-order chi connectivity index (χ0) is 17.5. The van der Waals surface area contributed by atoms with Crippen LogP contribution < -0.4 is 15.6 Å². The Morgan fingerprint density at radius 1 is 1.21 bits per heavy atom. The number of carbonyl (C=O) groups excluding carboxylic acids is 2. The van der Waals surface area contributed by atoms with Crippen LogP contribution in [0.3, 0.4) is 0 Å². The van der Waals surface area contributed by atoms with Gasteiger partial charge in [-0.1, -0.05) is 12.1 Å². The molecule has 2 N–H and O–H groups in total. The maximum absolute atomic E-state index is 11.9. The summed E-state index contributed by atoms with van der Waals surface area (Å²) in [6, 6.07) is 9.14. The summed E-state index contributed by atoms with van der Waals surface area (Å²) < 4.78 is 11.7. The lowest BCUT2D eigenvalue weighted by Crippen LogP contribution is -2.41. The van der Waals surface area contributed by atoms with Gasteiger partial charge in [-0.3, -0.25) is 20.4 Å². The molecule has 0 aliphatic rings. The molecule has 0 saturated carbocycles. The summed E-state index contributed by atoms with van der Waals surface area (Å²) in [7, 11) is 0. The third-order valence-electron chi connectivity index (χ3n) is 3.24. The highest BCUT2D eigenvalue weighted by atomic mass is 79.9. The van der Waals surface area contributed by atoms with E-state index >= 15 is 0 Å². The molecule has 1 aromatic heterocycles. The van der Waals surface area contributed by atoms with Gasteiger partial charge in [0.1, 0.15) is 17.3 Å². The number of aryl methyl sites for hydroxylation is 2. The molecule has 2 amide bonds.